The Morgan fingerprint density at radius 2 is 2.25 bits per heavy atom. The summed E-state index contributed by atoms with van der Waals surface area (Å²) in [5.74, 6) is 0.0212. The lowest BCUT2D eigenvalue weighted by Crippen LogP contribution is -2.31. The van der Waals surface area contributed by atoms with Gasteiger partial charge in [-0.1, -0.05) is 25.1 Å². The second-order valence-electron chi connectivity index (χ2n) is 6.13. The Morgan fingerprint density at radius 1 is 1.42 bits per heavy atom. The van der Waals surface area contributed by atoms with Crippen LogP contribution in [0.4, 0.5) is 0 Å². The third kappa shape index (κ3) is 3.18. The van der Waals surface area contributed by atoms with Gasteiger partial charge in [0.2, 0.25) is 5.91 Å². The Balaban J connectivity index is 1.70. The Labute approximate surface area is 141 Å². The van der Waals surface area contributed by atoms with Gasteiger partial charge < -0.3 is 10.3 Å². The Bertz CT molecular complexity index is 835. The number of hydrogen-bond acceptors (Lipinski definition) is 3. The van der Waals surface area contributed by atoms with Gasteiger partial charge in [-0.2, -0.15) is 5.10 Å². The standard InChI is InChI=1S/C18H23N5O/c1-4-14-6-5-7-15-16(13(3)22-18(14)15)8-17(24)20-9-12(2)23-11-19-10-21-23/h5-7,10-12,22H,4,8-9H2,1-3H3,(H,20,24). The van der Waals surface area contributed by atoms with E-state index in [1.165, 1.54) is 11.9 Å². The van der Waals surface area contributed by atoms with Crippen LogP contribution >= 0.6 is 0 Å². The molecule has 0 spiro atoms. The molecule has 0 saturated carbocycles. The molecule has 1 amide bonds. The molecule has 1 unspecified atom stereocenters. The van der Waals surface area contributed by atoms with Crippen molar-refractivity contribution in [2.75, 3.05) is 6.54 Å². The summed E-state index contributed by atoms with van der Waals surface area (Å²) in [6, 6.07) is 6.34. The molecule has 1 atom stereocenters. The number of H-pyrrole nitrogens is 1. The van der Waals surface area contributed by atoms with Crippen LogP contribution in [0.3, 0.4) is 0 Å². The van der Waals surface area contributed by atoms with Crippen LogP contribution in [0.15, 0.2) is 30.9 Å². The average molecular weight is 325 g/mol. The van der Waals surface area contributed by atoms with Crippen LogP contribution in [0.1, 0.15) is 36.7 Å². The van der Waals surface area contributed by atoms with Crippen molar-refractivity contribution in [2.24, 2.45) is 0 Å². The quantitative estimate of drug-likeness (QED) is 0.731. The topological polar surface area (TPSA) is 75.6 Å². The summed E-state index contributed by atoms with van der Waals surface area (Å²) in [5.41, 5.74) is 4.56. The van der Waals surface area contributed by atoms with Crippen LogP contribution in [0, 0.1) is 6.92 Å². The largest absolute Gasteiger partial charge is 0.358 e. The minimum Gasteiger partial charge on any atom is -0.358 e. The fraction of sp³-hybridized carbons (Fsp3) is 0.389. The van der Waals surface area contributed by atoms with Gasteiger partial charge in [0, 0.05) is 23.1 Å². The number of benzene rings is 1. The molecule has 0 radical (unpaired) electrons. The van der Waals surface area contributed by atoms with Gasteiger partial charge in [0.15, 0.2) is 0 Å². The zero-order valence-electron chi connectivity index (χ0n) is 14.3. The number of fused-ring (bicyclic) bond motifs is 1. The van der Waals surface area contributed by atoms with Crippen LogP contribution in [0.25, 0.3) is 10.9 Å². The molecular weight excluding hydrogens is 302 g/mol. The van der Waals surface area contributed by atoms with Gasteiger partial charge in [0.1, 0.15) is 12.7 Å². The lowest BCUT2D eigenvalue weighted by molar-refractivity contribution is -0.120. The van der Waals surface area contributed by atoms with Gasteiger partial charge in [-0.15, -0.1) is 0 Å². The molecule has 0 saturated heterocycles. The fourth-order valence-corrected chi connectivity index (χ4v) is 3.01. The van der Waals surface area contributed by atoms with E-state index < -0.39 is 0 Å². The molecule has 6 heteroatoms. The van der Waals surface area contributed by atoms with E-state index in [0.29, 0.717) is 13.0 Å². The highest BCUT2D eigenvalue weighted by molar-refractivity contribution is 5.91. The first-order valence-electron chi connectivity index (χ1n) is 8.30. The summed E-state index contributed by atoms with van der Waals surface area (Å²) in [4.78, 5) is 19.7. The van der Waals surface area contributed by atoms with E-state index in [4.69, 9.17) is 0 Å². The molecule has 2 N–H and O–H groups in total. The van der Waals surface area contributed by atoms with E-state index in [0.717, 1.165) is 28.6 Å². The number of amides is 1. The number of carbonyl (C=O) groups is 1. The van der Waals surface area contributed by atoms with Crippen molar-refractivity contribution in [3.8, 4) is 0 Å². The highest BCUT2D eigenvalue weighted by Crippen LogP contribution is 2.25. The molecule has 2 heterocycles. The molecule has 2 aromatic heterocycles. The number of carbonyl (C=O) groups excluding carboxylic acids is 1. The first-order chi connectivity index (χ1) is 11.6. The monoisotopic (exact) mass is 325 g/mol. The molecule has 0 aliphatic carbocycles. The molecule has 6 nitrogen and oxygen atoms in total. The average Bonchev–Trinajstić information content (AvgIpc) is 3.21. The lowest BCUT2D eigenvalue weighted by atomic mass is 10.0. The maximum Gasteiger partial charge on any atom is 0.224 e. The van der Waals surface area contributed by atoms with Crippen molar-refractivity contribution in [1.82, 2.24) is 25.1 Å². The first kappa shape index (κ1) is 16.2. The summed E-state index contributed by atoms with van der Waals surface area (Å²) in [6.07, 6.45) is 4.51. The van der Waals surface area contributed by atoms with Crippen molar-refractivity contribution in [2.45, 2.75) is 39.7 Å². The van der Waals surface area contributed by atoms with Crippen molar-refractivity contribution in [1.29, 1.82) is 0 Å². The summed E-state index contributed by atoms with van der Waals surface area (Å²) in [6.45, 7) is 6.70. The van der Waals surface area contributed by atoms with E-state index in [9.17, 15) is 4.79 Å². The number of aryl methyl sites for hydroxylation is 2. The SMILES string of the molecule is CCc1cccc2c(CC(=O)NCC(C)n3cncn3)c(C)[nH]c12. The minimum atomic E-state index is 0.0212. The molecule has 3 rings (SSSR count). The highest BCUT2D eigenvalue weighted by Gasteiger charge is 2.15. The second kappa shape index (κ2) is 6.86. The predicted molar refractivity (Wildman–Crippen MR) is 93.9 cm³/mol. The highest BCUT2D eigenvalue weighted by atomic mass is 16.1. The van der Waals surface area contributed by atoms with Gasteiger partial charge >= 0.3 is 0 Å². The molecule has 1 aromatic carbocycles. The van der Waals surface area contributed by atoms with Crippen LogP contribution in [0.5, 0.6) is 0 Å². The van der Waals surface area contributed by atoms with Gasteiger partial charge in [-0.05, 0) is 31.4 Å². The lowest BCUT2D eigenvalue weighted by Gasteiger charge is -2.12. The summed E-state index contributed by atoms with van der Waals surface area (Å²) in [7, 11) is 0. The molecular formula is C18H23N5O. The third-order valence-electron chi connectivity index (χ3n) is 4.44. The van der Waals surface area contributed by atoms with Crippen molar-refractivity contribution in [3.63, 3.8) is 0 Å². The van der Waals surface area contributed by atoms with Crippen LogP contribution in [-0.2, 0) is 17.6 Å². The third-order valence-corrected chi connectivity index (χ3v) is 4.44. The Hall–Kier alpha value is -2.63. The molecule has 3 aromatic rings. The number of para-hydroxylation sites is 1. The van der Waals surface area contributed by atoms with Gasteiger partial charge in [0.25, 0.3) is 0 Å². The number of aromatic nitrogens is 4. The maximum absolute atomic E-state index is 12.4. The van der Waals surface area contributed by atoms with Crippen LogP contribution in [0.2, 0.25) is 0 Å². The second-order valence-corrected chi connectivity index (χ2v) is 6.13. The summed E-state index contributed by atoms with van der Waals surface area (Å²) < 4.78 is 1.74. The fourth-order valence-electron chi connectivity index (χ4n) is 3.01. The minimum absolute atomic E-state index is 0.0212. The van der Waals surface area contributed by atoms with Crippen LogP contribution in [-0.4, -0.2) is 32.2 Å². The van der Waals surface area contributed by atoms with Crippen molar-refractivity contribution < 1.29 is 4.79 Å². The zero-order valence-corrected chi connectivity index (χ0v) is 14.3. The van der Waals surface area contributed by atoms with E-state index in [1.807, 2.05) is 13.8 Å². The van der Waals surface area contributed by atoms with E-state index >= 15 is 0 Å². The number of aromatic amines is 1. The van der Waals surface area contributed by atoms with Gasteiger partial charge in [-0.3, -0.25) is 4.79 Å². The number of nitrogens with one attached hydrogen (secondary N) is 2. The number of hydrogen-bond donors (Lipinski definition) is 2. The molecule has 0 bridgehead atoms. The first-order valence-corrected chi connectivity index (χ1v) is 8.30. The van der Waals surface area contributed by atoms with Crippen molar-refractivity contribution in [3.05, 3.63) is 47.7 Å². The van der Waals surface area contributed by atoms with E-state index in [-0.39, 0.29) is 11.9 Å². The predicted octanol–water partition coefficient (Wildman–Crippen LogP) is 2.55. The Morgan fingerprint density at radius 3 is 2.96 bits per heavy atom. The van der Waals surface area contributed by atoms with Gasteiger partial charge in [-0.25, -0.2) is 9.67 Å². The summed E-state index contributed by atoms with van der Waals surface area (Å²) >= 11 is 0. The molecule has 126 valence electrons. The molecule has 24 heavy (non-hydrogen) atoms. The smallest absolute Gasteiger partial charge is 0.224 e. The normalized spacial score (nSPS) is 12.5. The molecule has 0 fully saturated rings. The van der Waals surface area contributed by atoms with E-state index in [2.05, 4.69) is 45.5 Å². The van der Waals surface area contributed by atoms with Crippen LogP contribution < -0.4 is 5.32 Å². The summed E-state index contributed by atoms with van der Waals surface area (Å²) in [5, 5.41) is 8.23. The Kier molecular flexibility index (Phi) is 4.64. The number of nitrogens with zero attached hydrogens (tertiary/aromatic N) is 3. The molecule has 0 aliphatic heterocycles. The molecule has 0 aliphatic rings. The number of rotatable bonds is 6. The zero-order chi connectivity index (χ0) is 17.1. The van der Waals surface area contributed by atoms with E-state index in [1.54, 1.807) is 11.0 Å². The maximum atomic E-state index is 12.4. The van der Waals surface area contributed by atoms with Gasteiger partial charge in [0.05, 0.1) is 12.5 Å². The van der Waals surface area contributed by atoms with Crippen molar-refractivity contribution >= 4 is 16.8 Å².